The van der Waals surface area contributed by atoms with E-state index in [0.717, 1.165) is 6.42 Å². The maximum atomic E-state index is 2.43. The van der Waals surface area contributed by atoms with E-state index in [1.165, 1.54) is 83.1 Å². The summed E-state index contributed by atoms with van der Waals surface area (Å²) in [7, 11) is 0. The number of fused-ring (bicyclic) bond motifs is 6. The predicted octanol–water partition coefficient (Wildman–Crippen LogP) is 10.3. The van der Waals surface area contributed by atoms with Crippen molar-refractivity contribution in [2.45, 2.75) is 20.3 Å². The lowest BCUT2D eigenvalue weighted by Crippen LogP contribution is -1.96. The van der Waals surface area contributed by atoms with Crippen LogP contribution in [0, 0.1) is 13.8 Å². The molecule has 0 amide bonds. The highest BCUT2D eigenvalue weighted by atomic mass is 15.0. The van der Waals surface area contributed by atoms with E-state index in [1.807, 2.05) is 0 Å². The van der Waals surface area contributed by atoms with Crippen molar-refractivity contribution < 1.29 is 0 Å². The van der Waals surface area contributed by atoms with Crippen LogP contribution in [-0.4, -0.2) is 4.57 Å². The molecular formula is C39H29N. The van der Waals surface area contributed by atoms with Crippen molar-refractivity contribution in [3.63, 3.8) is 0 Å². The standard InChI is InChI=1S/C39H29N/c1-25-9-3-5-11-32(25)35-24-31(19-15-26(35)2)40-38-14-8-7-13-34(38)37-23-28(18-20-39(37)40)27-16-17-30-21-29-10-4-6-12-33(29)36(30)22-27/h3-20,22-24H,21H2,1-2H3. The fourth-order valence-corrected chi connectivity index (χ4v) is 6.65. The van der Waals surface area contributed by atoms with E-state index < -0.39 is 0 Å². The summed E-state index contributed by atoms with van der Waals surface area (Å²) in [4.78, 5) is 0. The molecule has 8 rings (SSSR count). The number of rotatable bonds is 3. The first-order valence-corrected chi connectivity index (χ1v) is 14.1. The van der Waals surface area contributed by atoms with Gasteiger partial charge in [0, 0.05) is 16.5 Å². The van der Waals surface area contributed by atoms with Crippen LogP contribution < -0.4 is 0 Å². The van der Waals surface area contributed by atoms with Crippen molar-refractivity contribution in [3.05, 3.63) is 150 Å². The summed E-state index contributed by atoms with van der Waals surface area (Å²) in [5, 5.41) is 2.57. The van der Waals surface area contributed by atoms with Gasteiger partial charge >= 0.3 is 0 Å². The summed E-state index contributed by atoms with van der Waals surface area (Å²) in [6, 6.07) is 47.1. The van der Waals surface area contributed by atoms with Gasteiger partial charge in [0.1, 0.15) is 0 Å². The zero-order valence-corrected chi connectivity index (χ0v) is 22.8. The van der Waals surface area contributed by atoms with Crippen LogP contribution in [0.4, 0.5) is 0 Å². The van der Waals surface area contributed by atoms with Gasteiger partial charge in [-0.2, -0.15) is 0 Å². The second-order valence-corrected chi connectivity index (χ2v) is 11.1. The zero-order valence-electron chi connectivity index (χ0n) is 22.8. The molecule has 40 heavy (non-hydrogen) atoms. The van der Waals surface area contributed by atoms with Crippen molar-refractivity contribution in [3.8, 4) is 39.1 Å². The molecule has 0 N–H and O–H groups in total. The van der Waals surface area contributed by atoms with Gasteiger partial charge < -0.3 is 4.57 Å². The molecular weight excluding hydrogens is 482 g/mol. The summed E-state index contributed by atoms with van der Waals surface area (Å²) in [6.07, 6.45) is 1.03. The highest BCUT2D eigenvalue weighted by Gasteiger charge is 2.19. The minimum atomic E-state index is 1.03. The lowest BCUT2D eigenvalue weighted by atomic mass is 9.96. The molecule has 0 unspecified atom stereocenters. The molecule has 0 saturated heterocycles. The van der Waals surface area contributed by atoms with E-state index in [1.54, 1.807) is 0 Å². The molecule has 0 fully saturated rings. The van der Waals surface area contributed by atoms with Gasteiger partial charge in [0.25, 0.3) is 0 Å². The summed E-state index contributed by atoms with van der Waals surface area (Å²) in [5.41, 5.74) is 17.0. The summed E-state index contributed by atoms with van der Waals surface area (Å²) in [5.74, 6) is 0. The van der Waals surface area contributed by atoms with E-state index in [0.29, 0.717) is 0 Å². The summed E-state index contributed by atoms with van der Waals surface area (Å²) in [6.45, 7) is 4.40. The molecule has 6 aromatic carbocycles. The van der Waals surface area contributed by atoms with Crippen LogP contribution in [0.15, 0.2) is 127 Å². The summed E-state index contributed by atoms with van der Waals surface area (Å²) >= 11 is 0. The number of aryl methyl sites for hydroxylation is 2. The Morgan fingerprint density at radius 3 is 2.02 bits per heavy atom. The highest BCUT2D eigenvalue weighted by molar-refractivity contribution is 6.10. The number of benzene rings is 6. The van der Waals surface area contributed by atoms with Crippen molar-refractivity contribution in [1.82, 2.24) is 4.57 Å². The molecule has 1 heteroatoms. The van der Waals surface area contributed by atoms with Crippen molar-refractivity contribution in [2.24, 2.45) is 0 Å². The Balaban J connectivity index is 1.31. The molecule has 0 radical (unpaired) electrons. The van der Waals surface area contributed by atoms with Gasteiger partial charge in [-0.15, -0.1) is 0 Å². The number of hydrogen-bond donors (Lipinski definition) is 0. The Hall–Kier alpha value is -4.88. The second-order valence-electron chi connectivity index (χ2n) is 11.1. The minimum absolute atomic E-state index is 1.03. The van der Waals surface area contributed by atoms with E-state index >= 15 is 0 Å². The zero-order chi connectivity index (χ0) is 26.8. The first-order valence-electron chi connectivity index (χ1n) is 14.1. The molecule has 1 aromatic heterocycles. The van der Waals surface area contributed by atoms with Crippen molar-refractivity contribution in [2.75, 3.05) is 0 Å². The second kappa shape index (κ2) is 8.83. The fourth-order valence-electron chi connectivity index (χ4n) is 6.65. The van der Waals surface area contributed by atoms with Gasteiger partial charge in [0.05, 0.1) is 11.0 Å². The minimum Gasteiger partial charge on any atom is -0.309 e. The molecule has 1 heterocycles. The third-order valence-corrected chi connectivity index (χ3v) is 8.72. The molecule has 0 bridgehead atoms. The Morgan fingerprint density at radius 2 is 1.12 bits per heavy atom. The van der Waals surface area contributed by atoms with E-state index in [4.69, 9.17) is 0 Å². The first kappa shape index (κ1) is 23.0. The van der Waals surface area contributed by atoms with Crippen LogP contribution in [0.5, 0.6) is 0 Å². The Bertz CT molecular complexity index is 2110. The van der Waals surface area contributed by atoms with Crippen LogP contribution in [0.1, 0.15) is 22.3 Å². The average molecular weight is 512 g/mol. The Labute approximate surface area is 235 Å². The molecule has 0 spiro atoms. The smallest absolute Gasteiger partial charge is 0.0541 e. The molecule has 0 aliphatic heterocycles. The van der Waals surface area contributed by atoms with Gasteiger partial charge in [0.2, 0.25) is 0 Å². The van der Waals surface area contributed by atoms with Gasteiger partial charge in [-0.3, -0.25) is 0 Å². The monoisotopic (exact) mass is 511 g/mol. The van der Waals surface area contributed by atoms with Gasteiger partial charge in [-0.1, -0.05) is 91.0 Å². The lowest BCUT2D eigenvalue weighted by molar-refractivity contribution is 1.17. The SMILES string of the molecule is Cc1ccccc1-c1cc(-n2c3ccccc3c3cc(-c4ccc5c(c4)-c4ccccc4C5)ccc32)ccc1C. The molecule has 0 atom stereocenters. The summed E-state index contributed by atoms with van der Waals surface area (Å²) < 4.78 is 2.43. The van der Waals surface area contributed by atoms with Crippen LogP contribution in [0.3, 0.4) is 0 Å². The molecule has 1 aliphatic carbocycles. The van der Waals surface area contributed by atoms with Gasteiger partial charge in [-0.05, 0) is 112 Å². The van der Waals surface area contributed by atoms with Gasteiger partial charge in [0.15, 0.2) is 0 Å². The average Bonchev–Trinajstić information content (AvgIpc) is 3.53. The predicted molar refractivity (Wildman–Crippen MR) is 169 cm³/mol. The molecule has 1 nitrogen and oxygen atoms in total. The normalized spacial score (nSPS) is 12.2. The third-order valence-electron chi connectivity index (χ3n) is 8.72. The molecule has 0 saturated carbocycles. The maximum absolute atomic E-state index is 2.43. The van der Waals surface area contributed by atoms with E-state index in [9.17, 15) is 0 Å². The number of para-hydroxylation sites is 1. The Kier molecular flexibility index (Phi) is 5.09. The van der Waals surface area contributed by atoms with Crippen LogP contribution >= 0.6 is 0 Å². The highest BCUT2D eigenvalue weighted by Crippen LogP contribution is 2.41. The molecule has 190 valence electrons. The van der Waals surface area contributed by atoms with Gasteiger partial charge in [-0.25, -0.2) is 0 Å². The number of hydrogen-bond acceptors (Lipinski definition) is 0. The maximum Gasteiger partial charge on any atom is 0.0541 e. The largest absolute Gasteiger partial charge is 0.309 e. The van der Waals surface area contributed by atoms with E-state index in [-0.39, 0.29) is 0 Å². The third kappa shape index (κ3) is 3.48. The quantitative estimate of drug-likeness (QED) is 0.222. The van der Waals surface area contributed by atoms with E-state index in [2.05, 4.69) is 146 Å². The molecule has 1 aliphatic rings. The lowest BCUT2D eigenvalue weighted by Gasteiger charge is -2.14. The van der Waals surface area contributed by atoms with Crippen LogP contribution in [0.25, 0.3) is 60.9 Å². The first-order chi connectivity index (χ1) is 19.7. The molecule has 7 aromatic rings. The van der Waals surface area contributed by atoms with Crippen LogP contribution in [-0.2, 0) is 6.42 Å². The van der Waals surface area contributed by atoms with Crippen molar-refractivity contribution in [1.29, 1.82) is 0 Å². The number of aromatic nitrogens is 1. The Morgan fingerprint density at radius 1 is 0.450 bits per heavy atom. The fraction of sp³-hybridized carbons (Fsp3) is 0.0769. The van der Waals surface area contributed by atoms with Crippen LogP contribution in [0.2, 0.25) is 0 Å². The van der Waals surface area contributed by atoms with Crippen molar-refractivity contribution >= 4 is 21.8 Å². The number of nitrogens with zero attached hydrogens (tertiary/aromatic N) is 1. The topological polar surface area (TPSA) is 4.93 Å².